The minimum atomic E-state index is -0.337. The Bertz CT molecular complexity index is 1090. The molecule has 1 N–H and O–H groups in total. The Morgan fingerprint density at radius 1 is 0.943 bits per heavy atom. The molecule has 0 atom stereocenters. The zero-order valence-electron chi connectivity index (χ0n) is 21.7. The number of hydrogen-bond donors (Lipinski definition) is 1. The van der Waals surface area contributed by atoms with Crippen molar-refractivity contribution in [3.8, 4) is 11.6 Å². The maximum Gasteiger partial charge on any atom is 0.217 e. The Kier molecular flexibility index (Phi) is 12.4. The van der Waals surface area contributed by atoms with Crippen LogP contribution in [0.5, 0.6) is 11.6 Å². The van der Waals surface area contributed by atoms with Gasteiger partial charge in [-0.2, -0.15) is 18.2 Å². The molecule has 2 aromatic carbocycles. The van der Waals surface area contributed by atoms with Crippen LogP contribution in [-0.2, 0) is 24.9 Å². The molecule has 35 heavy (non-hydrogen) atoms. The first-order chi connectivity index (χ1) is 16.2. The van der Waals surface area contributed by atoms with Gasteiger partial charge in [0.2, 0.25) is 5.88 Å². The minimum Gasteiger partial charge on any atom is -0.512 e. The molecule has 0 saturated heterocycles. The van der Waals surface area contributed by atoms with E-state index in [2.05, 4.69) is 11.1 Å². The number of carbonyl (C=O) groups excluding carboxylic acids is 1. The van der Waals surface area contributed by atoms with Crippen LogP contribution in [0.25, 0.3) is 10.8 Å². The van der Waals surface area contributed by atoms with Crippen LogP contribution in [0.1, 0.15) is 67.2 Å². The molecular weight excluding hydrogens is 615 g/mol. The van der Waals surface area contributed by atoms with Crippen LogP contribution in [0, 0.1) is 16.9 Å². The molecule has 1 heterocycles. The van der Waals surface area contributed by atoms with E-state index in [1.54, 1.807) is 0 Å². The molecule has 0 aliphatic carbocycles. The molecular formula is C30H38IrNO3-. The number of benzene rings is 2. The molecule has 0 spiro atoms. The Labute approximate surface area is 224 Å². The number of carbonyl (C=O) groups is 1. The van der Waals surface area contributed by atoms with E-state index >= 15 is 0 Å². The summed E-state index contributed by atoms with van der Waals surface area (Å²) in [4.78, 5) is 16.4. The van der Waals surface area contributed by atoms with Crippen LogP contribution < -0.4 is 4.74 Å². The molecule has 0 saturated carbocycles. The number of aromatic nitrogens is 1. The fourth-order valence-corrected chi connectivity index (χ4v) is 3.36. The SMILES string of the molecule is CCC(C)(CC)C(=O)/C=C(\O)C(C)(CC)CC.[Ir].[c-]1ccccc1Oc1cc2ccccc2cn1. The predicted octanol–water partition coefficient (Wildman–Crippen LogP) is 8.47. The van der Waals surface area contributed by atoms with Crippen LogP contribution in [0.3, 0.4) is 0 Å². The molecule has 191 valence electrons. The summed E-state index contributed by atoms with van der Waals surface area (Å²) in [5.74, 6) is 1.55. The second kappa shape index (κ2) is 14.2. The number of para-hydroxylation sites is 1. The van der Waals surface area contributed by atoms with Gasteiger partial charge in [0.1, 0.15) is 5.76 Å². The van der Waals surface area contributed by atoms with Crippen LogP contribution in [0.4, 0.5) is 0 Å². The predicted molar refractivity (Wildman–Crippen MR) is 140 cm³/mol. The number of nitrogens with zero attached hydrogens (tertiary/aromatic N) is 1. The summed E-state index contributed by atoms with van der Waals surface area (Å²) in [6, 6.07) is 20.5. The van der Waals surface area contributed by atoms with Crippen molar-refractivity contribution in [2.75, 3.05) is 0 Å². The summed E-state index contributed by atoms with van der Waals surface area (Å²) in [5.41, 5.74) is -0.603. The molecule has 0 fully saturated rings. The van der Waals surface area contributed by atoms with Crippen molar-refractivity contribution in [1.82, 2.24) is 4.98 Å². The Morgan fingerprint density at radius 2 is 1.51 bits per heavy atom. The first kappa shape index (κ1) is 30.5. The molecule has 1 aromatic heterocycles. The number of rotatable bonds is 9. The second-order valence-electron chi connectivity index (χ2n) is 9.13. The van der Waals surface area contributed by atoms with Crippen molar-refractivity contribution >= 4 is 16.6 Å². The van der Waals surface area contributed by atoms with E-state index in [9.17, 15) is 9.90 Å². The van der Waals surface area contributed by atoms with Gasteiger partial charge < -0.3 is 9.84 Å². The number of allylic oxidation sites excluding steroid dienone is 2. The third-order valence-corrected chi connectivity index (χ3v) is 7.10. The van der Waals surface area contributed by atoms with Crippen molar-refractivity contribution < 1.29 is 34.7 Å². The van der Waals surface area contributed by atoms with Gasteiger partial charge in [0.15, 0.2) is 5.78 Å². The van der Waals surface area contributed by atoms with Crippen molar-refractivity contribution in [3.05, 3.63) is 78.7 Å². The van der Waals surface area contributed by atoms with Gasteiger partial charge in [-0.05, 0) is 31.1 Å². The number of aliphatic hydroxyl groups excluding tert-OH is 1. The zero-order chi connectivity index (χ0) is 25.2. The Morgan fingerprint density at radius 3 is 2.06 bits per heavy atom. The van der Waals surface area contributed by atoms with Gasteiger partial charge in [0.05, 0.1) is 0 Å². The summed E-state index contributed by atoms with van der Waals surface area (Å²) < 4.78 is 5.62. The van der Waals surface area contributed by atoms with E-state index in [0.717, 1.165) is 36.5 Å². The monoisotopic (exact) mass is 653 g/mol. The smallest absolute Gasteiger partial charge is 0.217 e. The molecule has 5 heteroatoms. The Hall–Kier alpha value is -2.49. The summed E-state index contributed by atoms with van der Waals surface area (Å²) >= 11 is 0. The molecule has 3 aromatic rings. The van der Waals surface area contributed by atoms with E-state index in [-0.39, 0.29) is 42.5 Å². The summed E-state index contributed by atoms with van der Waals surface area (Å²) in [6.07, 6.45) is 6.57. The number of ether oxygens (including phenoxy) is 1. The number of pyridine rings is 1. The zero-order valence-corrected chi connectivity index (χ0v) is 24.1. The van der Waals surface area contributed by atoms with Gasteiger partial charge in [-0.25, -0.2) is 4.98 Å². The number of ketones is 1. The van der Waals surface area contributed by atoms with E-state index in [0.29, 0.717) is 11.6 Å². The van der Waals surface area contributed by atoms with E-state index < -0.39 is 0 Å². The summed E-state index contributed by atoms with van der Waals surface area (Å²) in [6.45, 7) is 12.1. The fraction of sp³-hybridized carbons (Fsp3) is 0.400. The first-order valence-corrected chi connectivity index (χ1v) is 12.2. The average Bonchev–Trinajstić information content (AvgIpc) is 2.88. The molecule has 0 unspecified atom stereocenters. The van der Waals surface area contributed by atoms with E-state index in [4.69, 9.17) is 4.74 Å². The van der Waals surface area contributed by atoms with Gasteiger partial charge in [-0.15, -0.1) is 12.1 Å². The second-order valence-corrected chi connectivity index (χ2v) is 9.13. The number of hydrogen-bond acceptors (Lipinski definition) is 4. The standard InChI is InChI=1S/C15H10NO.C15H28O2.Ir/c1-2-8-14(9-3-1)17-15-10-12-6-4-5-7-13(12)11-16-15;1-7-14(5,8-2)12(16)11-13(17)15(6,9-3)10-4;/h1-8,10-11H;11,16H,7-10H2,1-6H3;/q-1;;/b;12-11-;. The molecule has 4 nitrogen and oxygen atoms in total. The Balaban J connectivity index is 0.000000340. The number of aliphatic hydroxyl groups is 1. The fourth-order valence-electron chi connectivity index (χ4n) is 3.36. The van der Waals surface area contributed by atoms with Crippen molar-refractivity contribution in [2.24, 2.45) is 10.8 Å². The first-order valence-electron chi connectivity index (χ1n) is 12.2. The normalized spacial score (nSPS) is 11.8. The van der Waals surface area contributed by atoms with Crippen molar-refractivity contribution in [3.63, 3.8) is 0 Å². The topological polar surface area (TPSA) is 59.4 Å². The van der Waals surface area contributed by atoms with Gasteiger partial charge in [0.25, 0.3) is 0 Å². The van der Waals surface area contributed by atoms with E-state index in [1.165, 1.54) is 6.08 Å². The van der Waals surface area contributed by atoms with Gasteiger partial charge >= 0.3 is 0 Å². The van der Waals surface area contributed by atoms with Crippen LogP contribution in [0.15, 0.2) is 72.6 Å². The molecule has 1 radical (unpaired) electrons. The molecule has 0 bridgehead atoms. The largest absolute Gasteiger partial charge is 0.512 e. The average molecular weight is 653 g/mol. The van der Waals surface area contributed by atoms with E-state index in [1.807, 2.05) is 102 Å². The molecule has 0 amide bonds. The van der Waals surface area contributed by atoms with Crippen LogP contribution >= 0.6 is 0 Å². The summed E-state index contributed by atoms with van der Waals surface area (Å²) in [5, 5.41) is 12.4. The molecule has 3 rings (SSSR count). The number of fused-ring (bicyclic) bond motifs is 1. The maximum absolute atomic E-state index is 12.2. The summed E-state index contributed by atoms with van der Waals surface area (Å²) in [7, 11) is 0. The quantitative estimate of drug-likeness (QED) is 0.143. The van der Waals surface area contributed by atoms with Crippen LogP contribution in [-0.4, -0.2) is 15.9 Å². The minimum absolute atomic E-state index is 0. The van der Waals surface area contributed by atoms with Crippen molar-refractivity contribution in [1.29, 1.82) is 0 Å². The maximum atomic E-state index is 12.2. The third kappa shape index (κ3) is 8.30. The molecule has 0 aliphatic rings. The van der Waals surface area contributed by atoms with Gasteiger partial charge in [-0.3, -0.25) is 4.79 Å². The van der Waals surface area contributed by atoms with Crippen molar-refractivity contribution in [2.45, 2.75) is 67.2 Å². The van der Waals surface area contributed by atoms with Gasteiger partial charge in [-0.1, -0.05) is 65.8 Å². The van der Waals surface area contributed by atoms with Gasteiger partial charge in [0, 0.05) is 60.4 Å². The third-order valence-electron chi connectivity index (χ3n) is 7.10. The molecule has 0 aliphatic heterocycles. The van der Waals surface area contributed by atoms with Crippen LogP contribution in [0.2, 0.25) is 0 Å².